The van der Waals surface area contributed by atoms with Gasteiger partial charge in [-0.2, -0.15) is 0 Å². The van der Waals surface area contributed by atoms with Gasteiger partial charge < -0.3 is 10.1 Å². The third-order valence-electron chi connectivity index (χ3n) is 3.08. The van der Waals surface area contributed by atoms with Crippen LogP contribution in [0.1, 0.15) is 10.4 Å². The van der Waals surface area contributed by atoms with Gasteiger partial charge in [-0.25, -0.2) is 9.59 Å². The third-order valence-corrected chi connectivity index (χ3v) is 3.63. The van der Waals surface area contributed by atoms with E-state index in [1.54, 1.807) is 24.3 Å². The second-order valence-corrected chi connectivity index (χ2v) is 5.24. The fraction of sp³-hybridized carbons (Fsp3) is 0. The highest BCUT2D eigenvalue weighted by Crippen LogP contribution is 2.26. The Kier molecular flexibility index (Phi) is 3.23. The molecule has 0 radical (unpaired) electrons. The lowest BCUT2D eigenvalue weighted by Crippen LogP contribution is -2.14. The molecule has 2 aromatic carbocycles. The molecule has 5 nitrogen and oxygen atoms in total. The van der Waals surface area contributed by atoms with Gasteiger partial charge in [0.25, 0.3) is 0 Å². The monoisotopic (exact) mass is 322 g/mol. The van der Waals surface area contributed by atoms with Gasteiger partial charge in [-0.1, -0.05) is 23.2 Å². The van der Waals surface area contributed by atoms with Crippen LogP contribution in [0.15, 0.2) is 41.2 Å². The fourth-order valence-electron chi connectivity index (χ4n) is 2.14. The summed E-state index contributed by atoms with van der Waals surface area (Å²) in [6.07, 6.45) is 0. The molecule has 0 spiro atoms. The van der Waals surface area contributed by atoms with Crippen molar-refractivity contribution in [2.24, 2.45) is 0 Å². The number of nitrogens with one attached hydrogen (secondary N) is 1. The van der Waals surface area contributed by atoms with Gasteiger partial charge in [-0.05, 0) is 36.4 Å². The van der Waals surface area contributed by atoms with Gasteiger partial charge in [-0.15, -0.1) is 0 Å². The standard InChI is InChI=1S/C14H8Cl2N2O3/c15-8-2-3-9(16)12(6-8)18-11-4-1-7(13(19)20)5-10(11)17-14(18)21/h1-6H,(H,17,21)(H,19,20). The van der Waals surface area contributed by atoms with Gasteiger partial charge in [0.05, 0.1) is 27.3 Å². The summed E-state index contributed by atoms with van der Waals surface area (Å²) in [5.74, 6) is -1.06. The molecule has 3 rings (SSSR count). The Labute approximate surface area is 128 Å². The lowest BCUT2D eigenvalue weighted by atomic mass is 10.2. The van der Waals surface area contributed by atoms with Crippen molar-refractivity contribution in [1.29, 1.82) is 0 Å². The van der Waals surface area contributed by atoms with Crippen molar-refractivity contribution in [3.05, 3.63) is 62.5 Å². The van der Waals surface area contributed by atoms with Gasteiger partial charge in [-0.3, -0.25) is 4.57 Å². The Morgan fingerprint density at radius 3 is 2.62 bits per heavy atom. The zero-order valence-electron chi connectivity index (χ0n) is 10.4. The molecule has 0 atom stereocenters. The van der Waals surface area contributed by atoms with Crippen molar-refractivity contribution in [2.45, 2.75) is 0 Å². The number of aromatic amines is 1. The predicted octanol–water partition coefficient (Wildman–Crippen LogP) is 3.32. The Balaban J connectivity index is 2.33. The number of fused-ring (bicyclic) bond motifs is 1. The number of nitrogens with zero attached hydrogens (tertiary/aromatic N) is 1. The molecule has 0 aliphatic rings. The fourth-order valence-corrected chi connectivity index (χ4v) is 2.51. The van der Waals surface area contributed by atoms with Crippen molar-refractivity contribution in [3.8, 4) is 5.69 Å². The van der Waals surface area contributed by atoms with E-state index in [0.717, 1.165) is 0 Å². The van der Waals surface area contributed by atoms with E-state index in [1.165, 1.54) is 16.7 Å². The van der Waals surface area contributed by atoms with Gasteiger partial charge in [0.2, 0.25) is 0 Å². The van der Waals surface area contributed by atoms with Crippen molar-refractivity contribution < 1.29 is 9.90 Å². The van der Waals surface area contributed by atoms with E-state index in [4.69, 9.17) is 28.3 Å². The van der Waals surface area contributed by atoms with E-state index in [0.29, 0.717) is 26.8 Å². The van der Waals surface area contributed by atoms with Gasteiger partial charge >= 0.3 is 11.7 Å². The first-order valence-corrected chi connectivity index (χ1v) is 6.66. The highest BCUT2D eigenvalue weighted by molar-refractivity contribution is 6.34. The molecule has 106 valence electrons. The molecule has 1 aromatic heterocycles. The Morgan fingerprint density at radius 2 is 1.90 bits per heavy atom. The number of aromatic nitrogens is 2. The molecule has 7 heteroatoms. The number of aromatic carboxylic acids is 1. The molecule has 21 heavy (non-hydrogen) atoms. The van der Waals surface area contributed by atoms with E-state index in [-0.39, 0.29) is 5.56 Å². The molecule has 0 saturated heterocycles. The third kappa shape index (κ3) is 2.30. The molecule has 1 heterocycles. The van der Waals surface area contributed by atoms with Crippen molar-refractivity contribution in [3.63, 3.8) is 0 Å². The lowest BCUT2D eigenvalue weighted by Gasteiger charge is -2.06. The average molecular weight is 323 g/mol. The second-order valence-electron chi connectivity index (χ2n) is 4.40. The topological polar surface area (TPSA) is 75.1 Å². The maximum absolute atomic E-state index is 12.1. The number of carboxylic acid groups (broad SMARTS) is 1. The number of hydrogen-bond donors (Lipinski definition) is 2. The molecule has 2 N–H and O–H groups in total. The molecule has 0 bridgehead atoms. The summed E-state index contributed by atoms with van der Waals surface area (Å²) in [7, 11) is 0. The summed E-state index contributed by atoms with van der Waals surface area (Å²) in [5, 5.41) is 9.79. The number of halogens is 2. The number of hydrogen-bond acceptors (Lipinski definition) is 2. The molecule has 0 amide bonds. The van der Waals surface area contributed by atoms with Crippen LogP contribution in [0.3, 0.4) is 0 Å². The average Bonchev–Trinajstić information content (AvgIpc) is 2.76. The maximum atomic E-state index is 12.1. The van der Waals surface area contributed by atoms with Crippen LogP contribution >= 0.6 is 23.2 Å². The smallest absolute Gasteiger partial charge is 0.335 e. The predicted molar refractivity (Wildman–Crippen MR) is 80.9 cm³/mol. The highest BCUT2D eigenvalue weighted by atomic mass is 35.5. The van der Waals surface area contributed by atoms with Crippen LogP contribution in [0.25, 0.3) is 16.7 Å². The summed E-state index contributed by atoms with van der Waals surface area (Å²) in [5.41, 5.74) is 1.04. The van der Waals surface area contributed by atoms with Crippen LogP contribution in [0.5, 0.6) is 0 Å². The Morgan fingerprint density at radius 1 is 1.14 bits per heavy atom. The van der Waals surface area contributed by atoms with Gasteiger partial charge in [0.15, 0.2) is 0 Å². The van der Waals surface area contributed by atoms with Crippen molar-refractivity contribution in [2.75, 3.05) is 0 Å². The van der Waals surface area contributed by atoms with Crippen molar-refractivity contribution >= 4 is 40.2 Å². The molecule has 3 aromatic rings. The highest BCUT2D eigenvalue weighted by Gasteiger charge is 2.14. The largest absolute Gasteiger partial charge is 0.478 e. The summed E-state index contributed by atoms with van der Waals surface area (Å²) in [4.78, 5) is 25.7. The molecule has 0 saturated carbocycles. The van der Waals surface area contributed by atoms with E-state index in [9.17, 15) is 9.59 Å². The normalized spacial score (nSPS) is 11.0. The van der Waals surface area contributed by atoms with Crippen molar-refractivity contribution in [1.82, 2.24) is 9.55 Å². The zero-order valence-corrected chi connectivity index (χ0v) is 11.9. The molecule has 0 fully saturated rings. The maximum Gasteiger partial charge on any atom is 0.335 e. The van der Waals surface area contributed by atoms with Gasteiger partial charge in [0, 0.05) is 5.02 Å². The van der Waals surface area contributed by atoms with Crippen LogP contribution in [0, 0.1) is 0 Å². The number of benzene rings is 2. The van der Waals surface area contributed by atoms with E-state index in [2.05, 4.69) is 4.98 Å². The first-order chi connectivity index (χ1) is 9.97. The van der Waals surface area contributed by atoms with Gasteiger partial charge in [0.1, 0.15) is 0 Å². The van der Waals surface area contributed by atoms with E-state index < -0.39 is 11.7 Å². The van der Waals surface area contributed by atoms with Crippen LogP contribution in [-0.4, -0.2) is 20.6 Å². The van der Waals surface area contributed by atoms with Crippen LogP contribution in [0.4, 0.5) is 0 Å². The number of rotatable bonds is 2. The summed E-state index contributed by atoms with van der Waals surface area (Å²) in [6, 6.07) is 9.16. The number of carboxylic acids is 1. The quantitative estimate of drug-likeness (QED) is 0.759. The number of imidazole rings is 1. The second kappa shape index (κ2) is 4.95. The van der Waals surface area contributed by atoms with Crippen LogP contribution in [-0.2, 0) is 0 Å². The summed E-state index contributed by atoms with van der Waals surface area (Å²) in [6.45, 7) is 0. The van der Waals surface area contributed by atoms with Crippen LogP contribution < -0.4 is 5.69 Å². The van der Waals surface area contributed by atoms with Crippen LogP contribution in [0.2, 0.25) is 10.0 Å². The van der Waals surface area contributed by atoms with E-state index in [1.807, 2.05) is 0 Å². The molecule has 0 aliphatic carbocycles. The lowest BCUT2D eigenvalue weighted by molar-refractivity contribution is 0.0697. The Hall–Kier alpha value is -2.24. The first kappa shape index (κ1) is 13.7. The van der Waals surface area contributed by atoms with E-state index >= 15 is 0 Å². The SMILES string of the molecule is O=C(O)c1ccc2c(c1)[nH]c(=O)n2-c1cc(Cl)ccc1Cl. The molecular formula is C14H8Cl2N2O3. The number of H-pyrrole nitrogens is 1. The zero-order chi connectivity index (χ0) is 15.1. The molecular weight excluding hydrogens is 315 g/mol. The minimum Gasteiger partial charge on any atom is -0.478 e. The summed E-state index contributed by atoms with van der Waals surface area (Å²) >= 11 is 12.1. The molecule has 0 aliphatic heterocycles. The first-order valence-electron chi connectivity index (χ1n) is 5.91. The molecule has 0 unspecified atom stereocenters. The summed E-state index contributed by atoms with van der Waals surface area (Å²) < 4.78 is 1.36. The minimum atomic E-state index is -1.06. The minimum absolute atomic E-state index is 0.0908. The number of carbonyl (C=O) groups is 1. The Bertz CT molecular complexity index is 928.